The van der Waals surface area contributed by atoms with Gasteiger partial charge in [-0.3, -0.25) is 4.90 Å². The van der Waals surface area contributed by atoms with Crippen LogP contribution in [0.2, 0.25) is 0 Å². The number of ether oxygens (including phenoxy) is 3. The molecule has 2 aliphatic rings. The molecule has 3 aromatic rings. The molecule has 0 spiro atoms. The van der Waals surface area contributed by atoms with Gasteiger partial charge in [0.2, 0.25) is 5.88 Å². The van der Waals surface area contributed by atoms with Gasteiger partial charge in [-0.15, -0.1) is 24.5 Å². The van der Waals surface area contributed by atoms with Crippen LogP contribution in [0.3, 0.4) is 0 Å². The number of thiazole rings is 1. The molecule has 38 heavy (non-hydrogen) atoms. The first kappa shape index (κ1) is 26.3. The van der Waals surface area contributed by atoms with E-state index in [-0.39, 0.29) is 18.2 Å². The lowest BCUT2D eigenvalue weighted by Crippen LogP contribution is -2.36. The van der Waals surface area contributed by atoms with Gasteiger partial charge in [0.25, 0.3) is 0 Å². The average molecular weight is 548 g/mol. The van der Waals surface area contributed by atoms with Crippen LogP contribution in [0.4, 0.5) is 18.0 Å². The molecule has 2 heterocycles. The standard InChI is InChI=1S/C27H28F3N3O4S/c1-17-8-19(6-7-24(17)35-2)10-32-12-21-22(13-32)23(21)14-33(26(34)36-25-15-38-16-31-25)11-18-4-3-5-20(9-18)37-27(28,29)30/h3-9,15-16,21-23H,10-14H2,1-2H3. The number of hydrogen-bond acceptors (Lipinski definition) is 7. The SMILES string of the molecule is COc1ccc(CN2CC3C(C2)C3CN(Cc2cccc(OC(F)(F)F)c2)C(=O)Oc2cscn2)cc1C. The summed E-state index contributed by atoms with van der Waals surface area (Å²) in [4.78, 5) is 21.0. The molecular formula is C27H28F3N3O4S. The second-order valence-corrected chi connectivity index (χ2v) is 10.5. The highest BCUT2D eigenvalue weighted by Crippen LogP contribution is 2.52. The number of likely N-dealkylation sites (tertiary alicyclic amines) is 1. The second kappa shape index (κ2) is 10.8. The Bertz CT molecular complexity index is 1260. The highest BCUT2D eigenvalue weighted by Gasteiger charge is 2.56. The van der Waals surface area contributed by atoms with E-state index < -0.39 is 12.5 Å². The van der Waals surface area contributed by atoms with Crippen LogP contribution in [0.1, 0.15) is 16.7 Å². The van der Waals surface area contributed by atoms with Gasteiger partial charge in [0, 0.05) is 32.7 Å². The summed E-state index contributed by atoms with van der Waals surface area (Å²) < 4.78 is 52.9. The number of rotatable bonds is 9. The van der Waals surface area contributed by atoms with E-state index in [2.05, 4.69) is 26.8 Å². The molecule has 202 valence electrons. The van der Waals surface area contributed by atoms with Gasteiger partial charge in [0.05, 0.1) is 18.0 Å². The Morgan fingerprint density at radius 3 is 2.61 bits per heavy atom. The minimum absolute atomic E-state index is 0.100. The number of carbonyl (C=O) groups is 1. The number of nitrogens with zero attached hydrogens (tertiary/aromatic N) is 3. The van der Waals surface area contributed by atoms with Gasteiger partial charge in [-0.05, 0) is 59.6 Å². The Kier molecular flexibility index (Phi) is 7.49. The molecule has 0 radical (unpaired) electrons. The molecule has 2 atom stereocenters. The van der Waals surface area contributed by atoms with Crippen molar-refractivity contribution in [2.45, 2.75) is 26.4 Å². The molecule has 0 bridgehead atoms. The van der Waals surface area contributed by atoms with E-state index >= 15 is 0 Å². The van der Waals surface area contributed by atoms with E-state index in [1.165, 1.54) is 35.1 Å². The zero-order valence-electron chi connectivity index (χ0n) is 21.0. The topological polar surface area (TPSA) is 64.1 Å². The van der Waals surface area contributed by atoms with Gasteiger partial charge in [-0.1, -0.05) is 24.3 Å². The van der Waals surface area contributed by atoms with Crippen molar-refractivity contribution in [2.75, 3.05) is 26.7 Å². The van der Waals surface area contributed by atoms with E-state index in [1.807, 2.05) is 13.0 Å². The van der Waals surface area contributed by atoms with E-state index in [0.29, 0.717) is 29.9 Å². The van der Waals surface area contributed by atoms with Crippen LogP contribution < -0.4 is 14.2 Å². The maximum Gasteiger partial charge on any atom is 0.573 e. The van der Waals surface area contributed by atoms with Crippen molar-refractivity contribution in [3.05, 3.63) is 70.0 Å². The monoisotopic (exact) mass is 547 g/mol. The maximum absolute atomic E-state index is 13.0. The summed E-state index contributed by atoms with van der Waals surface area (Å²) in [5, 5.41) is 1.62. The molecule has 1 aliphatic carbocycles. The largest absolute Gasteiger partial charge is 0.573 e. The lowest BCUT2D eigenvalue weighted by molar-refractivity contribution is -0.274. The number of halogens is 3. The number of hydrogen-bond donors (Lipinski definition) is 0. The predicted molar refractivity (Wildman–Crippen MR) is 135 cm³/mol. The third-order valence-corrected chi connectivity index (χ3v) is 7.67. The summed E-state index contributed by atoms with van der Waals surface area (Å²) in [6.07, 6.45) is -5.36. The second-order valence-electron chi connectivity index (χ2n) is 9.76. The number of alkyl halides is 3. The average Bonchev–Trinajstić information content (AvgIpc) is 3.21. The van der Waals surface area contributed by atoms with Crippen LogP contribution in [0.25, 0.3) is 0 Å². The van der Waals surface area contributed by atoms with Gasteiger partial charge in [-0.25, -0.2) is 9.78 Å². The van der Waals surface area contributed by atoms with Crippen molar-refractivity contribution in [1.82, 2.24) is 14.8 Å². The summed E-state index contributed by atoms with van der Waals surface area (Å²) in [6.45, 7) is 5.31. The van der Waals surface area contributed by atoms with Crippen molar-refractivity contribution in [1.29, 1.82) is 0 Å². The third kappa shape index (κ3) is 6.39. The summed E-state index contributed by atoms with van der Waals surface area (Å²) in [5.41, 5.74) is 4.42. The summed E-state index contributed by atoms with van der Waals surface area (Å²) in [7, 11) is 1.67. The van der Waals surface area contributed by atoms with Crippen LogP contribution in [0, 0.1) is 24.7 Å². The molecule has 7 nitrogen and oxygen atoms in total. The lowest BCUT2D eigenvalue weighted by Gasteiger charge is -2.25. The highest BCUT2D eigenvalue weighted by molar-refractivity contribution is 7.07. The van der Waals surface area contributed by atoms with E-state index in [0.717, 1.165) is 30.9 Å². The van der Waals surface area contributed by atoms with E-state index in [9.17, 15) is 18.0 Å². The molecule has 1 saturated carbocycles. The fourth-order valence-corrected chi connectivity index (χ4v) is 5.81. The van der Waals surface area contributed by atoms with Crippen molar-refractivity contribution in [3.8, 4) is 17.4 Å². The first-order valence-corrected chi connectivity index (χ1v) is 13.2. The Hall–Kier alpha value is -3.31. The fraction of sp³-hybridized carbons (Fsp3) is 0.407. The zero-order chi connectivity index (χ0) is 26.9. The quantitative estimate of drug-likeness (QED) is 0.341. The minimum Gasteiger partial charge on any atom is -0.496 e. The van der Waals surface area contributed by atoms with Crippen LogP contribution >= 0.6 is 11.3 Å². The third-order valence-electron chi connectivity index (χ3n) is 7.11. The van der Waals surface area contributed by atoms with Gasteiger partial charge in [-0.2, -0.15) is 0 Å². The van der Waals surface area contributed by atoms with Gasteiger partial charge in [0.1, 0.15) is 11.5 Å². The number of aryl methyl sites for hydroxylation is 1. The maximum atomic E-state index is 13.0. The molecular weight excluding hydrogens is 519 g/mol. The molecule has 1 saturated heterocycles. The highest BCUT2D eigenvalue weighted by atomic mass is 32.1. The molecule has 1 aromatic heterocycles. The summed E-state index contributed by atoms with van der Waals surface area (Å²) >= 11 is 1.31. The molecule has 1 amide bonds. The molecule has 2 fully saturated rings. The van der Waals surface area contributed by atoms with Crippen molar-refractivity contribution >= 4 is 17.4 Å². The molecule has 1 aliphatic heterocycles. The number of benzene rings is 2. The van der Waals surface area contributed by atoms with Crippen molar-refractivity contribution < 1.29 is 32.2 Å². The summed E-state index contributed by atoms with van der Waals surface area (Å²) in [5.74, 6) is 1.99. The Morgan fingerprint density at radius 2 is 1.95 bits per heavy atom. The van der Waals surface area contributed by atoms with Gasteiger partial charge >= 0.3 is 12.5 Å². The molecule has 0 N–H and O–H groups in total. The van der Waals surface area contributed by atoms with Crippen LogP contribution in [0.15, 0.2) is 53.4 Å². The molecule has 2 aromatic carbocycles. The van der Waals surface area contributed by atoms with Crippen LogP contribution in [0.5, 0.6) is 17.4 Å². The minimum atomic E-state index is -4.79. The molecule has 5 rings (SSSR count). The Morgan fingerprint density at radius 1 is 1.16 bits per heavy atom. The molecule has 2 unspecified atom stereocenters. The van der Waals surface area contributed by atoms with Crippen LogP contribution in [-0.4, -0.2) is 54.0 Å². The smallest absolute Gasteiger partial charge is 0.496 e. The Balaban J connectivity index is 1.22. The van der Waals surface area contributed by atoms with Gasteiger partial charge in [0.15, 0.2) is 0 Å². The summed E-state index contributed by atoms with van der Waals surface area (Å²) in [6, 6.07) is 11.9. The number of fused-ring (bicyclic) bond motifs is 1. The number of amides is 1. The van der Waals surface area contributed by atoms with Crippen molar-refractivity contribution in [2.24, 2.45) is 17.8 Å². The van der Waals surface area contributed by atoms with Gasteiger partial charge < -0.3 is 19.1 Å². The molecule has 11 heteroatoms. The van der Waals surface area contributed by atoms with E-state index in [4.69, 9.17) is 9.47 Å². The van der Waals surface area contributed by atoms with Crippen LogP contribution in [-0.2, 0) is 13.1 Å². The Labute approximate surface area is 222 Å². The lowest BCUT2D eigenvalue weighted by atomic mass is 10.1. The zero-order valence-corrected chi connectivity index (χ0v) is 21.8. The fourth-order valence-electron chi connectivity index (χ4n) is 5.36. The van der Waals surface area contributed by atoms with Crippen molar-refractivity contribution in [3.63, 3.8) is 0 Å². The predicted octanol–water partition coefficient (Wildman–Crippen LogP) is 5.74. The first-order valence-electron chi connectivity index (χ1n) is 12.2. The number of aromatic nitrogens is 1. The number of piperidine rings is 1. The number of methoxy groups -OCH3 is 1. The normalized spacial score (nSPS) is 20.6. The number of carbonyl (C=O) groups excluding carboxylic acids is 1. The van der Waals surface area contributed by atoms with E-state index in [1.54, 1.807) is 29.0 Å². The first-order chi connectivity index (χ1) is 18.2.